The van der Waals surface area contributed by atoms with Gasteiger partial charge in [0.2, 0.25) is 11.8 Å². The molecule has 20 atom stereocenters. The number of carboxylic acids is 3. The second-order valence-corrected chi connectivity index (χ2v) is 19.9. The van der Waals surface area contributed by atoms with Crippen molar-refractivity contribution in [1.82, 2.24) is 24.5 Å². The molecule has 4 aliphatic heterocycles. The van der Waals surface area contributed by atoms with Crippen molar-refractivity contribution in [2.45, 2.75) is 123 Å². The first-order valence-electron chi connectivity index (χ1n) is 26.3. The minimum Gasteiger partial charge on any atom is -2.00 e. The fraction of sp³-hybridized carbons (Fsp3) is 0.891. The molecule has 0 spiro atoms. The van der Waals surface area contributed by atoms with E-state index in [0.29, 0.717) is 0 Å². The Bertz CT molecular complexity index is 1770. The standard InChI is InChI=1S/C46H81N5O32.Gd.O/c52-18-22-31(64)35(68)39(72)43(80-22)76-9-5-50(6-10-77-44-40(73)36(69)32(65)23(19-53)81-44)26(56)13-48(16-29(60)61)3-1-47(15-28(58)59)2-4-49(17-30(62)63)14-27(57)51(7-11-78-45-41(74)37(70)33(66)24(20-54)82-45)8-12-79-46-42(75)38(71)34(67)25(21-55)83-46;;/h22-25,31-46,52-55,64-75H,1-21H2,(H,58,59)(H,60,61)(H,62,63);;/q;+3;-2/t22-,23-,24+,25+,31+,32+,33-,34-,35-,36-,37+,38+,39-,40-,41+,42+,43?,44?,45?,46?;;. The minimum absolute atomic E-state index is 0. The molecular weight excluding hydrogens is 1310 g/mol. The summed E-state index contributed by atoms with van der Waals surface area (Å²) in [6.07, 6.45) is -33.5. The van der Waals surface area contributed by atoms with Crippen molar-refractivity contribution in [3.63, 3.8) is 0 Å². The van der Waals surface area contributed by atoms with Crippen LogP contribution in [0, 0.1) is 39.9 Å². The van der Waals surface area contributed by atoms with Crippen molar-refractivity contribution in [3.05, 3.63) is 0 Å². The molecule has 0 aromatic heterocycles. The third-order valence-corrected chi connectivity index (χ3v) is 13.9. The fourth-order valence-electron chi connectivity index (χ4n) is 9.08. The van der Waals surface area contributed by atoms with Crippen LogP contribution >= 0.6 is 0 Å². The van der Waals surface area contributed by atoms with Crippen LogP contribution in [0.15, 0.2) is 0 Å². The summed E-state index contributed by atoms with van der Waals surface area (Å²) in [6, 6.07) is 0. The Balaban J connectivity index is 0.0000123. The topological polar surface area (TPSA) is 588 Å². The monoisotopic (exact) mass is 1390 g/mol. The number of aliphatic carboxylic acids is 3. The molecule has 0 aromatic rings. The number of carbonyl (C=O) groups excluding carboxylic acids is 2. The molecule has 4 fully saturated rings. The molecule has 39 heteroatoms. The predicted molar refractivity (Wildman–Crippen MR) is 265 cm³/mol. The maximum absolute atomic E-state index is 14.0. The number of carboxylic acid groups (broad SMARTS) is 3. The van der Waals surface area contributed by atoms with Crippen LogP contribution in [0.5, 0.6) is 0 Å². The second-order valence-electron chi connectivity index (χ2n) is 19.9. The van der Waals surface area contributed by atoms with Crippen molar-refractivity contribution in [1.29, 1.82) is 0 Å². The number of hydrogen-bond donors (Lipinski definition) is 19. The molecule has 4 saturated heterocycles. The molecule has 0 aromatic carbocycles. The Labute approximate surface area is 516 Å². The summed E-state index contributed by atoms with van der Waals surface area (Å²) in [7, 11) is 0. The van der Waals surface area contributed by atoms with Gasteiger partial charge in [-0.05, 0) is 0 Å². The Kier molecular flexibility index (Phi) is 36.0. The van der Waals surface area contributed by atoms with E-state index in [0.717, 1.165) is 19.6 Å². The van der Waals surface area contributed by atoms with Crippen LogP contribution < -0.4 is 0 Å². The molecule has 495 valence electrons. The first-order chi connectivity index (χ1) is 39.3. The van der Waals surface area contributed by atoms with E-state index in [9.17, 15) is 121 Å². The van der Waals surface area contributed by atoms with Gasteiger partial charge in [0.25, 0.3) is 0 Å². The average Bonchev–Trinajstić information content (AvgIpc) is 3.66. The number of nitrogens with zero attached hydrogens (tertiary/aromatic N) is 5. The summed E-state index contributed by atoms with van der Waals surface area (Å²) >= 11 is 0. The molecule has 85 heavy (non-hydrogen) atoms. The number of aliphatic hydroxyl groups is 16. The number of ether oxygens (including phenoxy) is 8. The number of amides is 2. The molecule has 0 bridgehead atoms. The van der Waals surface area contributed by atoms with Gasteiger partial charge in [0.05, 0.1) is 85.6 Å². The van der Waals surface area contributed by atoms with Crippen LogP contribution in [-0.4, -0.2) is 412 Å². The normalized spacial score (nSPS) is 33.3. The Morgan fingerprint density at radius 2 is 0.529 bits per heavy atom. The molecule has 4 aliphatic rings. The third kappa shape index (κ3) is 23.7. The fourth-order valence-corrected chi connectivity index (χ4v) is 9.08. The number of rotatable bonds is 36. The van der Waals surface area contributed by atoms with Gasteiger partial charge in [-0.2, -0.15) is 0 Å². The maximum Gasteiger partial charge on any atom is 3.00 e. The summed E-state index contributed by atoms with van der Waals surface area (Å²) in [5, 5.41) is 191. The van der Waals surface area contributed by atoms with Gasteiger partial charge >= 0.3 is 57.8 Å². The van der Waals surface area contributed by atoms with Gasteiger partial charge in [-0.25, -0.2) is 0 Å². The number of hydrogen-bond acceptors (Lipinski definition) is 32. The van der Waals surface area contributed by atoms with Crippen molar-refractivity contribution < 1.29 is 204 Å². The molecule has 4 heterocycles. The number of carbonyl (C=O) groups is 5. The van der Waals surface area contributed by atoms with E-state index >= 15 is 0 Å². The molecule has 19 N–H and O–H groups in total. The summed E-state index contributed by atoms with van der Waals surface area (Å²) in [4.78, 5) is 70.0. The van der Waals surface area contributed by atoms with Gasteiger partial charge in [0.15, 0.2) is 25.2 Å². The van der Waals surface area contributed by atoms with Gasteiger partial charge in [0, 0.05) is 52.4 Å². The van der Waals surface area contributed by atoms with E-state index < -0.39 is 264 Å². The molecule has 4 rings (SSSR count). The first kappa shape index (κ1) is 78.6. The molecular formula is C46H81GdN5O33+. The molecule has 0 aliphatic carbocycles. The van der Waals surface area contributed by atoms with Gasteiger partial charge in [0.1, 0.15) is 97.7 Å². The maximum atomic E-state index is 14.0. The van der Waals surface area contributed by atoms with Crippen LogP contribution in [-0.2, 0) is 67.3 Å². The quantitative estimate of drug-likeness (QED) is 0.0277. The van der Waals surface area contributed by atoms with Crippen LogP contribution in [0.2, 0.25) is 0 Å². The van der Waals surface area contributed by atoms with E-state index in [4.69, 9.17) is 37.9 Å². The van der Waals surface area contributed by atoms with Crippen molar-refractivity contribution in [2.75, 3.05) is 138 Å². The Morgan fingerprint density at radius 1 is 0.318 bits per heavy atom. The van der Waals surface area contributed by atoms with E-state index in [-0.39, 0.29) is 71.6 Å². The van der Waals surface area contributed by atoms with Crippen molar-refractivity contribution in [3.8, 4) is 0 Å². The van der Waals surface area contributed by atoms with Crippen LogP contribution in [0.4, 0.5) is 0 Å². The minimum atomic E-state index is -1.83. The third-order valence-electron chi connectivity index (χ3n) is 13.9. The van der Waals surface area contributed by atoms with Gasteiger partial charge in [-0.15, -0.1) is 0 Å². The summed E-state index contributed by atoms with van der Waals surface area (Å²) in [5.41, 5.74) is 0. The predicted octanol–water partition coefficient (Wildman–Crippen LogP) is -14.0. The SMILES string of the molecule is O=C(O)CN(CCN(CC(=O)O)CC(=O)N(CCOC1O[C@@H](CO)[C@@H](O)[C@H](O)[C@@H]1O)CCOC1O[C@@H](CO)[C@@H](O)[C@H](O)[C@@H]1O)CCN(CC(=O)O)CC(=O)N(CCOC1O[C@H](CO)[C@H](O)[C@@H](O)[C@H]1O)CCOC1O[C@H](CO)[C@H](O)[C@@H](O)[C@H]1O.[Gd+3].[O-2]. The van der Waals surface area contributed by atoms with Crippen LogP contribution in [0.25, 0.3) is 0 Å². The van der Waals surface area contributed by atoms with Crippen LogP contribution in [0.3, 0.4) is 0 Å². The van der Waals surface area contributed by atoms with E-state index in [1.54, 1.807) is 0 Å². The summed E-state index contributed by atoms with van der Waals surface area (Å²) < 4.78 is 43.5. The second kappa shape index (κ2) is 39.0. The summed E-state index contributed by atoms with van der Waals surface area (Å²) in [5.74, 6) is -5.96. The van der Waals surface area contributed by atoms with Gasteiger partial charge < -0.3 is 150 Å². The average molecular weight is 1390 g/mol. The molecule has 2 amide bonds. The summed E-state index contributed by atoms with van der Waals surface area (Å²) in [6.45, 7) is -11.8. The van der Waals surface area contributed by atoms with Gasteiger partial charge in [-0.1, -0.05) is 0 Å². The van der Waals surface area contributed by atoms with E-state index in [2.05, 4.69) is 0 Å². The largest absolute Gasteiger partial charge is 3.00 e. The zero-order valence-electron chi connectivity index (χ0n) is 45.7. The van der Waals surface area contributed by atoms with Crippen molar-refractivity contribution >= 4 is 29.7 Å². The Hall–Kier alpha value is -2.45. The molecule has 38 nitrogen and oxygen atoms in total. The van der Waals surface area contributed by atoms with Crippen molar-refractivity contribution in [2.24, 2.45) is 0 Å². The van der Waals surface area contributed by atoms with E-state index in [1.165, 1.54) is 4.90 Å². The zero-order chi connectivity index (χ0) is 61.8. The first-order valence-corrected chi connectivity index (χ1v) is 26.3. The molecule has 4 unspecified atom stereocenters. The smallest absolute Gasteiger partial charge is 2.00 e. The molecule has 0 saturated carbocycles. The van der Waals surface area contributed by atoms with E-state index in [1.807, 2.05) is 0 Å². The Morgan fingerprint density at radius 3 is 0.741 bits per heavy atom. The molecule has 1 radical (unpaired) electrons. The van der Waals surface area contributed by atoms with Gasteiger partial charge in [-0.3, -0.25) is 38.7 Å². The number of aliphatic hydroxyl groups excluding tert-OH is 16. The van der Waals surface area contributed by atoms with Crippen LogP contribution in [0.1, 0.15) is 0 Å². The zero-order valence-corrected chi connectivity index (χ0v) is 48.0.